The molecule has 7 heteroatoms. The van der Waals surface area contributed by atoms with Gasteiger partial charge in [0.2, 0.25) is 0 Å². The maximum absolute atomic E-state index is 12.7. The van der Waals surface area contributed by atoms with Crippen LogP contribution in [0.4, 0.5) is 4.39 Å². The smallest absolute Gasteiger partial charge is 0.276 e. The largest absolute Gasteiger partial charge is 0.484 e. The fourth-order valence-corrected chi connectivity index (χ4v) is 1.78. The number of hydrogen-bond donors (Lipinski definition) is 2. The van der Waals surface area contributed by atoms with Crippen LogP contribution in [0.1, 0.15) is 10.4 Å². The van der Waals surface area contributed by atoms with Gasteiger partial charge in [-0.2, -0.15) is 0 Å². The summed E-state index contributed by atoms with van der Waals surface area (Å²) in [6, 6.07) is 11.9. The van der Waals surface area contributed by atoms with E-state index in [4.69, 9.17) is 4.74 Å². The van der Waals surface area contributed by atoms with Crippen LogP contribution in [0.5, 0.6) is 5.75 Å². The molecule has 2 rings (SSSR count). The average Bonchev–Trinajstić information content (AvgIpc) is 2.52. The maximum Gasteiger partial charge on any atom is 0.276 e. The number of carbonyl (C=O) groups is 2. The van der Waals surface area contributed by atoms with Gasteiger partial charge in [-0.25, -0.2) is 4.39 Å². The third-order valence-corrected chi connectivity index (χ3v) is 3.13. The van der Waals surface area contributed by atoms with Gasteiger partial charge in [-0.05, 0) is 48.5 Å². The standard InChI is InChI=1S/C15H12BrFN2O3/c16-11-3-1-10(2-4-11)15(21)19-18-14(20)9-22-13-7-5-12(17)6-8-13/h1-8H,9H2,(H,18,20)(H,19,21). The minimum atomic E-state index is -0.533. The van der Waals surface area contributed by atoms with Crippen LogP contribution in [0.3, 0.4) is 0 Å². The molecule has 2 aromatic rings. The summed E-state index contributed by atoms with van der Waals surface area (Å²) in [5.74, 6) is -1.01. The van der Waals surface area contributed by atoms with Crippen LogP contribution in [-0.4, -0.2) is 18.4 Å². The molecule has 5 nitrogen and oxygen atoms in total. The Labute approximate surface area is 134 Å². The summed E-state index contributed by atoms with van der Waals surface area (Å²) < 4.78 is 18.7. The van der Waals surface area contributed by atoms with Crippen molar-refractivity contribution in [3.8, 4) is 5.75 Å². The van der Waals surface area contributed by atoms with Crippen LogP contribution < -0.4 is 15.6 Å². The van der Waals surface area contributed by atoms with Gasteiger partial charge in [-0.15, -0.1) is 0 Å². The first-order valence-electron chi connectivity index (χ1n) is 6.28. The highest BCUT2D eigenvalue weighted by Gasteiger charge is 2.07. The Hall–Kier alpha value is -2.41. The van der Waals surface area contributed by atoms with E-state index in [0.29, 0.717) is 11.3 Å². The molecule has 0 aliphatic carbocycles. The number of rotatable bonds is 4. The van der Waals surface area contributed by atoms with E-state index in [9.17, 15) is 14.0 Å². The van der Waals surface area contributed by atoms with Crippen molar-refractivity contribution in [3.05, 3.63) is 64.4 Å². The summed E-state index contributed by atoms with van der Waals surface area (Å²) in [6.45, 7) is -0.299. The van der Waals surface area contributed by atoms with Crippen LogP contribution in [0.15, 0.2) is 53.0 Å². The lowest BCUT2D eigenvalue weighted by atomic mass is 10.2. The minimum Gasteiger partial charge on any atom is -0.484 e. The van der Waals surface area contributed by atoms with Gasteiger partial charge < -0.3 is 4.74 Å². The number of ether oxygens (including phenoxy) is 1. The molecule has 0 aromatic heterocycles. The molecule has 0 saturated heterocycles. The van der Waals surface area contributed by atoms with Crippen LogP contribution in [0, 0.1) is 5.82 Å². The second kappa shape index (κ2) is 7.56. The van der Waals surface area contributed by atoms with E-state index < -0.39 is 17.6 Å². The van der Waals surface area contributed by atoms with Crippen molar-refractivity contribution >= 4 is 27.7 Å². The Bertz CT molecular complexity index is 659. The van der Waals surface area contributed by atoms with E-state index >= 15 is 0 Å². The van der Waals surface area contributed by atoms with Crippen molar-refractivity contribution in [2.75, 3.05) is 6.61 Å². The van der Waals surface area contributed by atoms with Gasteiger partial charge in [0.05, 0.1) is 0 Å². The summed E-state index contributed by atoms with van der Waals surface area (Å²) in [5.41, 5.74) is 4.90. The Morgan fingerprint density at radius 2 is 1.64 bits per heavy atom. The molecule has 114 valence electrons. The lowest BCUT2D eigenvalue weighted by Gasteiger charge is -2.09. The van der Waals surface area contributed by atoms with Crippen molar-refractivity contribution < 1.29 is 18.7 Å². The molecule has 0 aliphatic rings. The molecule has 0 saturated carbocycles. The predicted octanol–water partition coefficient (Wildman–Crippen LogP) is 2.43. The lowest BCUT2D eigenvalue weighted by molar-refractivity contribution is -0.123. The molecular formula is C15H12BrFN2O3. The molecule has 2 N–H and O–H groups in total. The number of hydrazine groups is 1. The summed E-state index contributed by atoms with van der Waals surface area (Å²) >= 11 is 3.26. The number of nitrogens with one attached hydrogen (secondary N) is 2. The summed E-state index contributed by atoms with van der Waals surface area (Å²) in [7, 11) is 0. The highest BCUT2D eigenvalue weighted by atomic mass is 79.9. The zero-order chi connectivity index (χ0) is 15.9. The molecule has 0 fully saturated rings. The van der Waals surface area contributed by atoms with Crippen LogP contribution in [0.2, 0.25) is 0 Å². The van der Waals surface area contributed by atoms with Crippen LogP contribution >= 0.6 is 15.9 Å². The van der Waals surface area contributed by atoms with Gasteiger partial charge in [0.15, 0.2) is 6.61 Å². The van der Waals surface area contributed by atoms with Gasteiger partial charge >= 0.3 is 0 Å². The second-order valence-corrected chi connectivity index (χ2v) is 5.17. The minimum absolute atomic E-state index is 0.299. The highest BCUT2D eigenvalue weighted by molar-refractivity contribution is 9.10. The van der Waals surface area contributed by atoms with Crippen molar-refractivity contribution in [2.24, 2.45) is 0 Å². The van der Waals surface area contributed by atoms with E-state index in [1.807, 2.05) is 0 Å². The predicted molar refractivity (Wildman–Crippen MR) is 81.6 cm³/mol. The first-order chi connectivity index (χ1) is 10.5. The SMILES string of the molecule is O=C(COc1ccc(F)cc1)NNC(=O)c1ccc(Br)cc1. The van der Waals surface area contributed by atoms with Gasteiger partial charge in [-0.1, -0.05) is 15.9 Å². The molecule has 2 amide bonds. The molecule has 2 aromatic carbocycles. The molecule has 0 unspecified atom stereocenters. The molecule has 0 spiro atoms. The van der Waals surface area contributed by atoms with Gasteiger partial charge in [-0.3, -0.25) is 20.4 Å². The first-order valence-corrected chi connectivity index (χ1v) is 7.07. The van der Waals surface area contributed by atoms with Crippen molar-refractivity contribution in [2.45, 2.75) is 0 Å². The second-order valence-electron chi connectivity index (χ2n) is 4.25. The van der Waals surface area contributed by atoms with Crippen molar-refractivity contribution in [3.63, 3.8) is 0 Å². The summed E-state index contributed by atoms with van der Waals surface area (Å²) in [5, 5.41) is 0. The normalized spacial score (nSPS) is 9.91. The molecule has 0 bridgehead atoms. The number of carbonyl (C=O) groups excluding carboxylic acids is 2. The fourth-order valence-electron chi connectivity index (χ4n) is 1.52. The zero-order valence-corrected chi connectivity index (χ0v) is 12.9. The number of amides is 2. The molecule has 0 radical (unpaired) electrons. The van der Waals surface area contributed by atoms with Gasteiger partial charge in [0.25, 0.3) is 11.8 Å². The summed E-state index contributed by atoms with van der Waals surface area (Å²) in [4.78, 5) is 23.3. The molecule has 22 heavy (non-hydrogen) atoms. The lowest BCUT2D eigenvalue weighted by Crippen LogP contribution is -2.43. The van der Waals surface area contributed by atoms with E-state index in [-0.39, 0.29) is 6.61 Å². The molecule has 0 atom stereocenters. The van der Waals surface area contributed by atoms with E-state index in [0.717, 1.165) is 4.47 Å². The quantitative estimate of drug-likeness (QED) is 0.816. The van der Waals surface area contributed by atoms with Crippen molar-refractivity contribution in [1.82, 2.24) is 10.9 Å². The zero-order valence-electron chi connectivity index (χ0n) is 11.3. The van der Waals surface area contributed by atoms with E-state index in [1.54, 1.807) is 24.3 Å². The summed E-state index contributed by atoms with van der Waals surface area (Å²) in [6.07, 6.45) is 0. The third-order valence-electron chi connectivity index (χ3n) is 2.61. The number of hydrogen-bond acceptors (Lipinski definition) is 3. The Morgan fingerprint density at radius 3 is 2.27 bits per heavy atom. The third kappa shape index (κ3) is 4.85. The maximum atomic E-state index is 12.7. The Morgan fingerprint density at radius 1 is 1.00 bits per heavy atom. The van der Waals surface area contributed by atoms with E-state index in [2.05, 4.69) is 26.8 Å². The number of benzene rings is 2. The van der Waals surface area contributed by atoms with E-state index in [1.165, 1.54) is 24.3 Å². The van der Waals surface area contributed by atoms with Crippen molar-refractivity contribution in [1.29, 1.82) is 0 Å². The highest BCUT2D eigenvalue weighted by Crippen LogP contribution is 2.11. The monoisotopic (exact) mass is 366 g/mol. The topological polar surface area (TPSA) is 67.4 Å². The Kier molecular flexibility index (Phi) is 5.48. The first kappa shape index (κ1) is 16.0. The average molecular weight is 367 g/mol. The molecular weight excluding hydrogens is 355 g/mol. The molecule has 0 heterocycles. The van der Waals surface area contributed by atoms with Crippen LogP contribution in [-0.2, 0) is 4.79 Å². The Balaban J connectivity index is 1.76. The van der Waals surface area contributed by atoms with Gasteiger partial charge in [0.1, 0.15) is 11.6 Å². The fraction of sp³-hybridized carbons (Fsp3) is 0.0667. The molecule has 0 aliphatic heterocycles. The van der Waals surface area contributed by atoms with Crippen LogP contribution in [0.25, 0.3) is 0 Å². The van der Waals surface area contributed by atoms with Gasteiger partial charge in [0, 0.05) is 10.0 Å². The number of halogens is 2.